The van der Waals surface area contributed by atoms with Crippen LogP contribution in [0.1, 0.15) is 25.1 Å². The summed E-state index contributed by atoms with van der Waals surface area (Å²) in [7, 11) is 0. The van der Waals surface area contributed by atoms with Crippen molar-refractivity contribution in [3.63, 3.8) is 0 Å². The van der Waals surface area contributed by atoms with Crippen LogP contribution in [0.4, 0.5) is 0 Å². The molecule has 26 heavy (non-hydrogen) atoms. The number of carbonyl (C=O) groups is 1. The number of nitrogens with one attached hydrogen (secondary N) is 1. The van der Waals surface area contributed by atoms with E-state index in [1.54, 1.807) is 16.8 Å². The molecule has 2 aliphatic rings. The van der Waals surface area contributed by atoms with E-state index in [1.165, 1.54) is 0 Å². The van der Waals surface area contributed by atoms with Crippen LogP contribution in [0.2, 0.25) is 0 Å². The van der Waals surface area contributed by atoms with Crippen LogP contribution >= 0.6 is 27.7 Å². The molecule has 1 amide bonds. The van der Waals surface area contributed by atoms with E-state index in [-0.39, 0.29) is 12.1 Å². The maximum absolute atomic E-state index is 12.9. The first-order valence-electron chi connectivity index (χ1n) is 8.42. The standard InChI is InChI=1S/C19H17BrN4OS/c1-2-11-26-19-22-18(25)16-14-5-3-4-6-15(14)21-17(24(16)23-19)12-7-9-13(20)10-8-12/h3-10,17H,2,11H2,1H3,(H,22,23,25). The molecule has 0 saturated heterocycles. The fourth-order valence-corrected chi connectivity index (χ4v) is 3.92. The number of hydrogen-bond acceptors (Lipinski definition) is 5. The number of para-hydroxylation sites is 1. The minimum absolute atomic E-state index is 0.136. The Balaban J connectivity index is 1.89. The van der Waals surface area contributed by atoms with E-state index < -0.39 is 0 Å². The molecule has 5 nitrogen and oxygen atoms in total. The molecule has 2 aromatic rings. The largest absolute Gasteiger partial charge is 0.298 e. The van der Waals surface area contributed by atoms with Crippen molar-refractivity contribution < 1.29 is 4.79 Å². The van der Waals surface area contributed by atoms with Crippen molar-refractivity contribution in [3.05, 3.63) is 69.1 Å². The van der Waals surface area contributed by atoms with Crippen molar-refractivity contribution in [1.29, 1.82) is 0 Å². The van der Waals surface area contributed by atoms with Crippen molar-refractivity contribution >= 4 is 44.5 Å². The Hall–Kier alpha value is -2.12. The van der Waals surface area contributed by atoms with Crippen LogP contribution in [0.3, 0.4) is 0 Å². The molecular weight excluding hydrogens is 412 g/mol. The summed E-state index contributed by atoms with van der Waals surface area (Å²) in [4.78, 5) is 17.7. The molecule has 0 fully saturated rings. The lowest BCUT2D eigenvalue weighted by Gasteiger charge is -2.34. The van der Waals surface area contributed by atoms with Gasteiger partial charge in [0.25, 0.3) is 5.91 Å². The van der Waals surface area contributed by atoms with Gasteiger partial charge in [-0.2, -0.15) is 0 Å². The third kappa shape index (κ3) is 3.17. The minimum atomic E-state index is -0.365. The molecule has 0 aromatic heterocycles. The predicted molar refractivity (Wildman–Crippen MR) is 108 cm³/mol. The minimum Gasteiger partial charge on any atom is -0.298 e. The predicted octanol–water partition coefficient (Wildman–Crippen LogP) is 2.74. The number of halogens is 1. The third-order valence-electron chi connectivity index (χ3n) is 4.13. The highest BCUT2D eigenvalue weighted by atomic mass is 79.9. The second kappa shape index (κ2) is 7.25. The van der Waals surface area contributed by atoms with Gasteiger partial charge in [-0.1, -0.05) is 64.9 Å². The van der Waals surface area contributed by atoms with E-state index in [9.17, 15) is 4.79 Å². The average molecular weight is 429 g/mol. The summed E-state index contributed by atoms with van der Waals surface area (Å²) in [5.41, 5.74) is 1.53. The van der Waals surface area contributed by atoms with Crippen molar-refractivity contribution in [2.45, 2.75) is 19.5 Å². The third-order valence-corrected chi connectivity index (χ3v) is 5.72. The number of nitrogens with zero attached hydrogens (tertiary/aromatic N) is 3. The molecule has 0 radical (unpaired) electrons. The van der Waals surface area contributed by atoms with E-state index in [1.807, 2.05) is 48.5 Å². The molecule has 1 atom stereocenters. The molecule has 1 N–H and O–H groups in total. The molecule has 4 rings (SSSR count). The Labute approximate surface area is 164 Å². The number of thioether (sulfide) groups is 1. The van der Waals surface area contributed by atoms with Gasteiger partial charge >= 0.3 is 0 Å². The van der Waals surface area contributed by atoms with Gasteiger partial charge in [-0.15, -0.1) is 5.10 Å². The molecule has 7 heteroatoms. The fourth-order valence-electron chi connectivity index (χ4n) is 2.94. The molecule has 132 valence electrons. The van der Waals surface area contributed by atoms with E-state index in [4.69, 9.17) is 10.1 Å². The Morgan fingerprint density at radius 3 is 2.73 bits per heavy atom. The molecule has 1 unspecified atom stereocenters. The van der Waals surface area contributed by atoms with Crippen LogP contribution in [0.15, 0.2) is 63.1 Å². The molecule has 2 heterocycles. The summed E-state index contributed by atoms with van der Waals surface area (Å²) in [5, 5.41) is 11.6. The highest BCUT2D eigenvalue weighted by molar-refractivity contribution is 9.10. The number of hydrazone groups is 1. The number of rotatable bonds is 3. The summed E-state index contributed by atoms with van der Waals surface area (Å²) in [6.07, 6.45) is 0.649. The van der Waals surface area contributed by atoms with Gasteiger partial charge in [-0.3, -0.25) is 15.1 Å². The first kappa shape index (κ1) is 17.3. The Morgan fingerprint density at radius 1 is 1.19 bits per heavy atom. The number of amides is 1. The zero-order valence-electron chi connectivity index (χ0n) is 14.1. The number of fused-ring (bicyclic) bond motifs is 2. The summed E-state index contributed by atoms with van der Waals surface area (Å²) < 4.78 is 1.00. The van der Waals surface area contributed by atoms with Gasteiger partial charge in [0, 0.05) is 15.4 Å². The molecule has 0 aliphatic carbocycles. The van der Waals surface area contributed by atoms with Crippen LogP contribution in [0, 0.1) is 0 Å². The van der Waals surface area contributed by atoms with E-state index in [0.717, 1.165) is 32.8 Å². The smallest absolute Gasteiger partial charge is 0.276 e. The van der Waals surface area contributed by atoms with Gasteiger partial charge in [-0.25, -0.2) is 5.01 Å². The monoisotopic (exact) mass is 428 g/mol. The van der Waals surface area contributed by atoms with Crippen LogP contribution in [0.25, 0.3) is 5.70 Å². The van der Waals surface area contributed by atoms with Gasteiger partial charge in [0.2, 0.25) is 0 Å². The van der Waals surface area contributed by atoms with Crippen molar-refractivity contribution in [2.24, 2.45) is 10.1 Å². The van der Waals surface area contributed by atoms with E-state index >= 15 is 0 Å². The zero-order chi connectivity index (χ0) is 18.1. The SMILES string of the molecule is CCCSC1=NN2C(=c3ccccc3=NC2c2ccc(Br)cc2)C(=O)N1. The summed E-state index contributed by atoms with van der Waals surface area (Å²) in [5.74, 6) is 0.766. The zero-order valence-corrected chi connectivity index (χ0v) is 16.5. The lowest BCUT2D eigenvalue weighted by molar-refractivity contribution is -0.116. The lowest BCUT2D eigenvalue weighted by atomic mass is 10.1. The number of carbonyl (C=O) groups excluding carboxylic acids is 1. The van der Waals surface area contributed by atoms with Crippen LogP contribution in [0.5, 0.6) is 0 Å². The highest BCUT2D eigenvalue weighted by Gasteiger charge is 2.34. The normalized spacial score (nSPS) is 18.5. The Morgan fingerprint density at radius 2 is 1.96 bits per heavy atom. The molecule has 0 spiro atoms. The average Bonchev–Trinajstić information content (AvgIpc) is 2.66. The van der Waals surface area contributed by atoms with Crippen LogP contribution in [-0.2, 0) is 4.79 Å². The second-order valence-electron chi connectivity index (χ2n) is 5.97. The van der Waals surface area contributed by atoms with Crippen molar-refractivity contribution in [1.82, 2.24) is 10.3 Å². The molecule has 0 bridgehead atoms. The first-order valence-corrected chi connectivity index (χ1v) is 10.2. The fraction of sp³-hybridized carbons (Fsp3) is 0.211. The number of benzene rings is 2. The van der Waals surface area contributed by atoms with E-state index in [0.29, 0.717) is 10.9 Å². The van der Waals surface area contributed by atoms with Gasteiger partial charge in [-0.05, 0) is 30.2 Å². The number of hydrogen-bond donors (Lipinski definition) is 1. The van der Waals surface area contributed by atoms with Crippen molar-refractivity contribution in [3.8, 4) is 0 Å². The van der Waals surface area contributed by atoms with E-state index in [2.05, 4.69) is 28.2 Å². The van der Waals surface area contributed by atoms with Gasteiger partial charge in [0.05, 0.1) is 5.36 Å². The van der Waals surface area contributed by atoms with Gasteiger partial charge < -0.3 is 0 Å². The first-order chi connectivity index (χ1) is 12.7. The summed E-state index contributed by atoms with van der Waals surface area (Å²) in [6.45, 7) is 2.10. The Kier molecular flexibility index (Phi) is 4.82. The topological polar surface area (TPSA) is 57.1 Å². The quantitative estimate of drug-likeness (QED) is 0.817. The summed E-state index contributed by atoms with van der Waals surface area (Å²) in [6, 6.07) is 15.7. The van der Waals surface area contributed by atoms with Gasteiger partial charge in [0.1, 0.15) is 5.70 Å². The van der Waals surface area contributed by atoms with Crippen molar-refractivity contribution in [2.75, 3.05) is 5.75 Å². The molecule has 2 aliphatic heterocycles. The molecular formula is C19H17BrN4OS. The van der Waals surface area contributed by atoms with Gasteiger partial charge in [0.15, 0.2) is 11.3 Å². The maximum atomic E-state index is 12.9. The second-order valence-corrected chi connectivity index (χ2v) is 7.97. The highest BCUT2D eigenvalue weighted by Crippen LogP contribution is 2.31. The van der Waals surface area contributed by atoms with Crippen LogP contribution < -0.4 is 15.9 Å². The maximum Gasteiger partial charge on any atom is 0.276 e. The molecule has 2 aromatic carbocycles. The summed E-state index contributed by atoms with van der Waals surface area (Å²) >= 11 is 5.02. The Bertz CT molecular complexity index is 1000. The van der Waals surface area contributed by atoms with Crippen LogP contribution in [-0.4, -0.2) is 21.8 Å². The molecule has 0 saturated carbocycles. The lowest BCUT2D eigenvalue weighted by Crippen LogP contribution is -2.50. The number of amidine groups is 1.